The minimum Gasteiger partial charge on any atom is -0.374 e. The smallest absolute Gasteiger partial charge is 0.249 e. The summed E-state index contributed by atoms with van der Waals surface area (Å²) in [7, 11) is 0. The largest absolute Gasteiger partial charge is 0.374 e. The quantitative estimate of drug-likeness (QED) is 0.896. The van der Waals surface area contributed by atoms with Crippen LogP contribution in [0.15, 0.2) is 42.5 Å². The van der Waals surface area contributed by atoms with Crippen LogP contribution in [-0.2, 0) is 4.79 Å². The third-order valence-electron chi connectivity index (χ3n) is 4.19. The number of para-hydroxylation sites is 1. The second-order valence-electron chi connectivity index (χ2n) is 5.82. The number of hydrogen-bond acceptors (Lipinski definition) is 3. The van der Waals surface area contributed by atoms with E-state index in [1.807, 2.05) is 37.3 Å². The molecule has 1 aliphatic rings. The van der Waals surface area contributed by atoms with Gasteiger partial charge in [0.1, 0.15) is 6.04 Å². The number of nitrogens with one attached hydrogen (secondary N) is 1. The molecule has 1 atom stereocenters. The minimum absolute atomic E-state index is 0.0377. The van der Waals surface area contributed by atoms with Gasteiger partial charge in [0.15, 0.2) is 0 Å². The van der Waals surface area contributed by atoms with E-state index < -0.39 is 5.91 Å². The molecule has 0 unspecified atom stereocenters. The van der Waals surface area contributed by atoms with E-state index in [-0.39, 0.29) is 11.9 Å². The Morgan fingerprint density at radius 1 is 1.29 bits per heavy atom. The number of halogens is 1. The Kier molecular flexibility index (Phi) is 4.44. The maximum absolute atomic E-state index is 12.7. The van der Waals surface area contributed by atoms with Crippen LogP contribution >= 0.6 is 11.6 Å². The van der Waals surface area contributed by atoms with Crippen molar-refractivity contribution in [3.63, 3.8) is 0 Å². The molecule has 2 aromatic carbocycles. The summed E-state index contributed by atoms with van der Waals surface area (Å²) in [6.07, 6.45) is 0.657. The highest BCUT2D eigenvalue weighted by molar-refractivity contribution is 6.34. The zero-order valence-corrected chi connectivity index (χ0v) is 14.0. The van der Waals surface area contributed by atoms with Gasteiger partial charge in [-0.15, -0.1) is 0 Å². The number of carbonyl (C=O) groups is 2. The van der Waals surface area contributed by atoms with Crippen molar-refractivity contribution >= 4 is 34.8 Å². The van der Waals surface area contributed by atoms with Crippen LogP contribution in [0.5, 0.6) is 0 Å². The Hall–Kier alpha value is -2.53. The van der Waals surface area contributed by atoms with E-state index in [0.717, 1.165) is 11.3 Å². The van der Waals surface area contributed by atoms with Crippen molar-refractivity contribution in [2.45, 2.75) is 19.4 Å². The lowest BCUT2D eigenvalue weighted by atomic mass is 10.1. The fourth-order valence-corrected chi connectivity index (χ4v) is 3.14. The fourth-order valence-electron chi connectivity index (χ4n) is 2.90. The number of rotatable bonds is 4. The molecule has 0 saturated carbocycles. The molecule has 0 aromatic heterocycles. The molecule has 3 N–H and O–H groups in total. The number of benzene rings is 2. The molecule has 3 rings (SSSR count). The molecule has 2 aromatic rings. The van der Waals surface area contributed by atoms with Crippen LogP contribution in [-0.4, -0.2) is 24.4 Å². The van der Waals surface area contributed by atoms with Crippen LogP contribution in [0.2, 0.25) is 5.02 Å². The zero-order valence-electron chi connectivity index (χ0n) is 13.3. The summed E-state index contributed by atoms with van der Waals surface area (Å²) in [4.78, 5) is 25.8. The number of nitrogens with two attached hydrogens (primary N) is 1. The highest BCUT2D eigenvalue weighted by Crippen LogP contribution is 2.30. The van der Waals surface area contributed by atoms with Gasteiger partial charge in [-0.3, -0.25) is 9.59 Å². The van der Waals surface area contributed by atoms with Crippen molar-refractivity contribution in [3.8, 4) is 0 Å². The highest BCUT2D eigenvalue weighted by Gasteiger charge is 2.33. The number of anilines is 2. The molecule has 0 spiro atoms. The standard InChI is InChI=1S/C18H18ClN3O2/c1-11-6-7-12(10-13(11)17(20)23)21-15-8-9-22(18(15)24)16-5-3-2-4-14(16)19/h2-7,10,15,21H,8-9H2,1H3,(H2,20,23)/t15-/m0/s1. The van der Waals surface area contributed by atoms with Crippen molar-refractivity contribution in [2.75, 3.05) is 16.8 Å². The second kappa shape index (κ2) is 6.53. The van der Waals surface area contributed by atoms with E-state index in [0.29, 0.717) is 29.2 Å². The minimum atomic E-state index is -0.480. The van der Waals surface area contributed by atoms with Gasteiger partial charge in [0.05, 0.1) is 10.7 Å². The first kappa shape index (κ1) is 16.3. The predicted octanol–water partition coefficient (Wildman–Crippen LogP) is 2.96. The normalized spacial score (nSPS) is 17.2. The Labute approximate surface area is 145 Å². The van der Waals surface area contributed by atoms with Gasteiger partial charge in [-0.2, -0.15) is 0 Å². The van der Waals surface area contributed by atoms with Gasteiger partial charge in [0.25, 0.3) is 0 Å². The first-order valence-corrected chi connectivity index (χ1v) is 8.08. The van der Waals surface area contributed by atoms with Crippen LogP contribution < -0.4 is 16.0 Å². The molecule has 5 nitrogen and oxygen atoms in total. The van der Waals surface area contributed by atoms with Gasteiger partial charge in [-0.05, 0) is 43.2 Å². The summed E-state index contributed by atoms with van der Waals surface area (Å²) in [5.74, 6) is -0.518. The molecular weight excluding hydrogens is 326 g/mol. The van der Waals surface area contributed by atoms with Crippen molar-refractivity contribution in [1.29, 1.82) is 0 Å². The molecule has 1 saturated heterocycles. The van der Waals surface area contributed by atoms with Crippen LogP contribution in [0.4, 0.5) is 11.4 Å². The molecule has 1 aliphatic heterocycles. The van der Waals surface area contributed by atoms with E-state index in [9.17, 15) is 9.59 Å². The molecule has 0 radical (unpaired) electrons. The molecule has 124 valence electrons. The van der Waals surface area contributed by atoms with Crippen molar-refractivity contribution in [2.24, 2.45) is 5.73 Å². The molecule has 24 heavy (non-hydrogen) atoms. The summed E-state index contributed by atoms with van der Waals surface area (Å²) >= 11 is 6.18. The Balaban J connectivity index is 1.78. The number of aryl methyl sites for hydroxylation is 1. The number of hydrogen-bond donors (Lipinski definition) is 2. The Morgan fingerprint density at radius 3 is 2.75 bits per heavy atom. The third kappa shape index (κ3) is 3.08. The Morgan fingerprint density at radius 2 is 2.04 bits per heavy atom. The molecule has 1 fully saturated rings. The lowest BCUT2D eigenvalue weighted by Gasteiger charge is -2.19. The zero-order chi connectivity index (χ0) is 17.3. The number of primary amides is 1. The first-order valence-electron chi connectivity index (χ1n) is 7.70. The molecular formula is C18H18ClN3O2. The summed E-state index contributed by atoms with van der Waals surface area (Å²) in [5.41, 5.74) is 8.06. The third-order valence-corrected chi connectivity index (χ3v) is 4.51. The fraction of sp³-hybridized carbons (Fsp3) is 0.222. The highest BCUT2D eigenvalue weighted by atomic mass is 35.5. The average Bonchev–Trinajstić information content (AvgIpc) is 2.90. The van der Waals surface area contributed by atoms with Gasteiger partial charge in [-0.25, -0.2) is 0 Å². The van der Waals surface area contributed by atoms with Crippen LogP contribution in [0.25, 0.3) is 0 Å². The number of carbonyl (C=O) groups excluding carboxylic acids is 2. The maximum Gasteiger partial charge on any atom is 0.249 e. The summed E-state index contributed by atoms with van der Waals surface area (Å²) in [5, 5.41) is 3.74. The van der Waals surface area contributed by atoms with Gasteiger partial charge in [-0.1, -0.05) is 29.8 Å². The maximum atomic E-state index is 12.7. The monoisotopic (exact) mass is 343 g/mol. The predicted molar refractivity (Wildman–Crippen MR) is 95.5 cm³/mol. The van der Waals surface area contributed by atoms with Crippen LogP contribution in [0.3, 0.4) is 0 Å². The van der Waals surface area contributed by atoms with Crippen molar-refractivity contribution in [3.05, 3.63) is 58.6 Å². The Bertz CT molecular complexity index is 807. The van der Waals surface area contributed by atoms with E-state index in [1.165, 1.54) is 0 Å². The topological polar surface area (TPSA) is 75.4 Å². The summed E-state index contributed by atoms with van der Waals surface area (Å²) in [6.45, 7) is 2.42. The van der Waals surface area contributed by atoms with Crippen LogP contribution in [0.1, 0.15) is 22.3 Å². The molecule has 0 aliphatic carbocycles. The van der Waals surface area contributed by atoms with Gasteiger partial charge < -0.3 is 16.0 Å². The SMILES string of the molecule is Cc1ccc(N[C@H]2CCN(c3ccccc3Cl)C2=O)cc1C(N)=O. The van der Waals surface area contributed by atoms with E-state index in [1.54, 1.807) is 17.0 Å². The van der Waals surface area contributed by atoms with Crippen molar-refractivity contribution < 1.29 is 9.59 Å². The van der Waals surface area contributed by atoms with E-state index >= 15 is 0 Å². The van der Waals surface area contributed by atoms with Gasteiger partial charge >= 0.3 is 0 Å². The van der Waals surface area contributed by atoms with Crippen molar-refractivity contribution in [1.82, 2.24) is 0 Å². The van der Waals surface area contributed by atoms with Gasteiger partial charge in [0, 0.05) is 17.8 Å². The first-order chi connectivity index (χ1) is 11.5. The number of amides is 2. The van der Waals surface area contributed by atoms with E-state index in [2.05, 4.69) is 5.32 Å². The summed E-state index contributed by atoms with van der Waals surface area (Å²) in [6, 6.07) is 12.3. The lowest BCUT2D eigenvalue weighted by molar-refractivity contribution is -0.117. The second-order valence-corrected chi connectivity index (χ2v) is 6.23. The van der Waals surface area contributed by atoms with E-state index in [4.69, 9.17) is 17.3 Å². The summed E-state index contributed by atoms with van der Waals surface area (Å²) < 4.78 is 0. The van der Waals surface area contributed by atoms with Crippen LogP contribution in [0, 0.1) is 6.92 Å². The molecule has 1 heterocycles. The number of nitrogens with zero attached hydrogens (tertiary/aromatic N) is 1. The average molecular weight is 344 g/mol. The molecule has 0 bridgehead atoms. The van der Waals surface area contributed by atoms with Gasteiger partial charge in [0.2, 0.25) is 11.8 Å². The molecule has 2 amide bonds. The lowest BCUT2D eigenvalue weighted by Crippen LogP contribution is -2.33. The molecule has 6 heteroatoms.